The quantitative estimate of drug-likeness (QED) is 0.886. The maximum Gasteiger partial charge on any atom is 0.337 e. The van der Waals surface area contributed by atoms with Gasteiger partial charge in [-0.25, -0.2) is 9.69 Å². The molecule has 2 amide bonds. The van der Waals surface area contributed by atoms with Gasteiger partial charge in [-0.05, 0) is 43.0 Å². The van der Waals surface area contributed by atoms with Crippen LogP contribution >= 0.6 is 11.8 Å². The van der Waals surface area contributed by atoms with Gasteiger partial charge in [-0.2, -0.15) is 0 Å². The number of carbonyl (C=O) groups excluding carboxylic acids is 2. The van der Waals surface area contributed by atoms with Crippen LogP contribution in [0, 0.1) is 6.92 Å². The lowest BCUT2D eigenvalue weighted by Crippen LogP contribution is -2.34. The molecule has 0 radical (unpaired) electrons. The van der Waals surface area contributed by atoms with Crippen LogP contribution in [-0.4, -0.2) is 27.6 Å². The van der Waals surface area contributed by atoms with Gasteiger partial charge in [-0.1, -0.05) is 29.8 Å². The van der Waals surface area contributed by atoms with Crippen LogP contribution in [0.25, 0.3) is 0 Å². The van der Waals surface area contributed by atoms with Crippen LogP contribution in [0.15, 0.2) is 48.5 Å². The maximum absolute atomic E-state index is 12.5. The van der Waals surface area contributed by atoms with E-state index in [1.807, 2.05) is 0 Å². The number of thioether (sulfide) groups is 1. The van der Waals surface area contributed by atoms with Crippen LogP contribution in [0.3, 0.4) is 0 Å². The standard InChI is InChI=1S/C17H14N2O4S/c1-10-7-8-13(12(9-10)16(21)22)18-14-15(20)19(17(23)24-14)11-5-3-2-4-6-11/h2-9,14,18H,1H3,(H,21,22). The summed E-state index contributed by atoms with van der Waals surface area (Å²) in [6, 6.07) is 13.5. The van der Waals surface area contributed by atoms with E-state index in [2.05, 4.69) is 5.32 Å². The molecule has 1 unspecified atom stereocenters. The van der Waals surface area contributed by atoms with Crippen molar-refractivity contribution in [2.45, 2.75) is 12.3 Å². The zero-order valence-corrected chi connectivity index (χ0v) is 13.5. The molecule has 0 aromatic heterocycles. The van der Waals surface area contributed by atoms with E-state index >= 15 is 0 Å². The lowest BCUT2D eigenvalue weighted by Gasteiger charge is -2.16. The van der Waals surface area contributed by atoms with Gasteiger partial charge in [0.2, 0.25) is 0 Å². The van der Waals surface area contributed by atoms with E-state index in [9.17, 15) is 19.5 Å². The first-order valence-electron chi connectivity index (χ1n) is 7.17. The molecule has 1 saturated heterocycles. The predicted octanol–water partition coefficient (Wildman–Crippen LogP) is 3.33. The van der Waals surface area contributed by atoms with Crippen LogP contribution < -0.4 is 10.2 Å². The molecule has 2 aromatic rings. The number of carboxylic acid groups (broad SMARTS) is 1. The van der Waals surface area contributed by atoms with Gasteiger partial charge in [0, 0.05) is 5.69 Å². The number of amides is 2. The molecule has 1 atom stereocenters. The minimum absolute atomic E-state index is 0.0639. The van der Waals surface area contributed by atoms with Crippen molar-refractivity contribution in [3.8, 4) is 0 Å². The Morgan fingerprint density at radius 1 is 1.17 bits per heavy atom. The molecule has 1 aliphatic rings. The second kappa shape index (κ2) is 6.37. The number of nitrogens with one attached hydrogen (secondary N) is 1. The SMILES string of the molecule is Cc1ccc(NC2SC(=O)N(c3ccccc3)C2=O)c(C(=O)O)c1. The number of nitrogens with zero attached hydrogens (tertiary/aromatic N) is 1. The zero-order valence-electron chi connectivity index (χ0n) is 12.7. The summed E-state index contributed by atoms with van der Waals surface area (Å²) in [6.45, 7) is 1.78. The van der Waals surface area contributed by atoms with Crippen molar-refractivity contribution >= 4 is 40.3 Å². The van der Waals surface area contributed by atoms with Crippen LogP contribution in [0.1, 0.15) is 15.9 Å². The minimum Gasteiger partial charge on any atom is -0.478 e. The van der Waals surface area contributed by atoms with Gasteiger partial charge in [0.15, 0.2) is 5.37 Å². The Balaban J connectivity index is 1.87. The molecule has 1 fully saturated rings. The monoisotopic (exact) mass is 342 g/mol. The normalized spacial score (nSPS) is 17.2. The summed E-state index contributed by atoms with van der Waals surface area (Å²) in [4.78, 5) is 37.2. The summed E-state index contributed by atoms with van der Waals surface area (Å²) in [6.07, 6.45) is 0. The summed E-state index contributed by atoms with van der Waals surface area (Å²) in [5.41, 5.74) is 1.66. The van der Waals surface area contributed by atoms with Crippen molar-refractivity contribution < 1.29 is 19.5 Å². The first-order chi connectivity index (χ1) is 11.5. The Bertz CT molecular complexity index is 823. The van der Waals surface area contributed by atoms with E-state index in [-0.39, 0.29) is 5.56 Å². The molecule has 1 aliphatic heterocycles. The lowest BCUT2D eigenvalue weighted by molar-refractivity contribution is -0.116. The number of anilines is 2. The van der Waals surface area contributed by atoms with Crippen molar-refractivity contribution in [1.29, 1.82) is 0 Å². The van der Waals surface area contributed by atoms with E-state index in [0.29, 0.717) is 11.4 Å². The molecule has 6 nitrogen and oxygen atoms in total. The second-order valence-electron chi connectivity index (χ2n) is 5.27. The van der Waals surface area contributed by atoms with Gasteiger partial charge < -0.3 is 10.4 Å². The Hall–Kier alpha value is -2.80. The topological polar surface area (TPSA) is 86.7 Å². The van der Waals surface area contributed by atoms with Gasteiger partial charge in [-0.3, -0.25) is 9.59 Å². The largest absolute Gasteiger partial charge is 0.478 e. The Morgan fingerprint density at radius 3 is 2.54 bits per heavy atom. The van der Waals surface area contributed by atoms with E-state index in [0.717, 1.165) is 22.2 Å². The van der Waals surface area contributed by atoms with Crippen molar-refractivity contribution in [3.05, 3.63) is 59.7 Å². The Kier molecular flexibility index (Phi) is 4.26. The third-order valence-electron chi connectivity index (χ3n) is 3.55. The number of carbonyl (C=O) groups is 3. The van der Waals surface area contributed by atoms with Crippen molar-refractivity contribution in [3.63, 3.8) is 0 Å². The highest BCUT2D eigenvalue weighted by Crippen LogP contribution is 2.33. The molecule has 2 aromatic carbocycles. The number of para-hydroxylation sites is 1. The summed E-state index contributed by atoms with van der Waals surface area (Å²) in [7, 11) is 0. The number of aryl methyl sites for hydroxylation is 1. The van der Waals surface area contributed by atoms with Crippen LogP contribution in [0.4, 0.5) is 16.2 Å². The number of aromatic carboxylic acids is 1. The number of hydrogen-bond acceptors (Lipinski definition) is 5. The highest BCUT2D eigenvalue weighted by Gasteiger charge is 2.41. The van der Waals surface area contributed by atoms with Crippen LogP contribution in [0.2, 0.25) is 0 Å². The summed E-state index contributed by atoms with van der Waals surface area (Å²) in [5.74, 6) is -1.52. The molecule has 0 spiro atoms. The summed E-state index contributed by atoms with van der Waals surface area (Å²) < 4.78 is 0. The molecule has 0 aliphatic carbocycles. The number of rotatable bonds is 4. The number of carboxylic acids is 1. The maximum atomic E-state index is 12.5. The van der Waals surface area contributed by atoms with Crippen LogP contribution in [-0.2, 0) is 4.79 Å². The van der Waals surface area contributed by atoms with Crippen molar-refractivity contribution in [2.24, 2.45) is 0 Å². The third-order valence-corrected chi connectivity index (χ3v) is 4.49. The molecule has 1 heterocycles. The van der Waals surface area contributed by atoms with E-state index < -0.39 is 22.5 Å². The molecule has 2 N–H and O–H groups in total. The third kappa shape index (κ3) is 2.98. The van der Waals surface area contributed by atoms with Crippen molar-refractivity contribution in [1.82, 2.24) is 0 Å². The molecule has 0 saturated carbocycles. The molecule has 0 bridgehead atoms. The molecular weight excluding hydrogens is 328 g/mol. The van der Waals surface area contributed by atoms with E-state index in [1.165, 1.54) is 6.07 Å². The molecule has 7 heteroatoms. The summed E-state index contributed by atoms with van der Waals surface area (Å²) >= 11 is 0.829. The van der Waals surface area contributed by atoms with Crippen LogP contribution in [0.5, 0.6) is 0 Å². The number of imide groups is 1. The highest BCUT2D eigenvalue weighted by atomic mass is 32.2. The smallest absolute Gasteiger partial charge is 0.337 e. The summed E-state index contributed by atoms with van der Waals surface area (Å²) in [5, 5.41) is 10.9. The highest BCUT2D eigenvalue weighted by molar-refractivity contribution is 8.16. The molecule has 122 valence electrons. The fourth-order valence-corrected chi connectivity index (χ4v) is 3.31. The van der Waals surface area contributed by atoms with Gasteiger partial charge in [0.05, 0.1) is 11.3 Å². The van der Waals surface area contributed by atoms with Gasteiger partial charge in [0.1, 0.15) is 0 Å². The van der Waals surface area contributed by atoms with Gasteiger partial charge in [0.25, 0.3) is 11.1 Å². The average Bonchev–Trinajstić information content (AvgIpc) is 2.83. The lowest BCUT2D eigenvalue weighted by atomic mass is 10.1. The minimum atomic E-state index is -1.09. The zero-order chi connectivity index (χ0) is 17.3. The van der Waals surface area contributed by atoms with Gasteiger partial charge >= 0.3 is 5.97 Å². The number of benzene rings is 2. The predicted molar refractivity (Wildman–Crippen MR) is 92.5 cm³/mol. The fraction of sp³-hybridized carbons (Fsp3) is 0.118. The van der Waals surface area contributed by atoms with Crippen molar-refractivity contribution in [2.75, 3.05) is 10.2 Å². The molecule has 3 rings (SSSR count). The Labute approximate surface area is 142 Å². The second-order valence-corrected chi connectivity index (χ2v) is 6.33. The van der Waals surface area contributed by atoms with E-state index in [1.54, 1.807) is 49.4 Å². The fourth-order valence-electron chi connectivity index (χ4n) is 2.41. The Morgan fingerprint density at radius 2 is 1.88 bits per heavy atom. The first kappa shape index (κ1) is 16.1. The van der Waals surface area contributed by atoms with Gasteiger partial charge in [-0.15, -0.1) is 0 Å². The molecular formula is C17H14N2O4S. The molecule has 24 heavy (non-hydrogen) atoms. The average molecular weight is 342 g/mol. The van der Waals surface area contributed by atoms with E-state index in [4.69, 9.17) is 0 Å². The first-order valence-corrected chi connectivity index (χ1v) is 8.05. The number of hydrogen-bond donors (Lipinski definition) is 2.